The zero-order chi connectivity index (χ0) is 51.3. The number of hydrogen-bond donors (Lipinski definition) is 9. The van der Waals surface area contributed by atoms with Crippen LogP contribution >= 0.6 is 0 Å². The van der Waals surface area contributed by atoms with E-state index in [1.807, 2.05) is 13.0 Å². The van der Waals surface area contributed by atoms with Crippen LogP contribution in [0.15, 0.2) is 75.9 Å². The first kappa shape index (κ1) is 55.8. The Morgan fingerprint density at radius 2 is 1.44 bits per heavy atom. The summed E-state index contributed by atoms with van der Waals surface area (Å²) in [7, 11) is 0. The van der Waals surface area contributed by atoms with E-state index in [2.05, 4.69) is 45.6 Å². The highest BCUT2D eigenvalue weighted by atomic mass is 16.6. The van der Waals surface area contributed by atoms with E-state index in [-0.39, 0.29) is 49.0 Å². The molecular formula is C56H85NO14. The van der Waals surface area contributed by atoms with E-state index in [0.717, 1.165) is 37.8 Å². The first-order valence-corrected chi connectivity index (χ1v) is 26.6. The number of aliphatic imine (C=N–C) groups is 1. The van der Waals surface area contributed by atoms with Crippen molar-refractivity contribution < 1.29 is 69.7 Å². The van der Waals surface area contributed by atoms with Crippen LogP contribution in [-0.4, -0.2) is 162 Å². The molecule has 7 aliphatic rings. The minimum absolute atomic E-state index is 0.00461. The number of carbonyl (C=O) groups is 1. The van der Waals surface area contributed by atoms with E-state index in [1.165, 1.54) is 16.9 Å². The molecular weight excluding hydrogens is 911 g/mol. The van der Waals surface area contributed by atoms with E-state index in [4.69, 9.17) is 23.9 Å². The van der Waals surface area contributed by atoms with Crippen molar-refractivity contribution in [2.24, 2.45) is 28.2 Å². The van der Waals surface area contributed by atoms with Crippen molar-refractivity contribution in [2.45, 2.75) is 235 Å². The number of hydrogen-bond acceptors (Lipinski definition) is 15. The predicted octanol–water partition coefficient (Wildman–Crippen LogP) is 4.94. The average Bonchev–Trinajstić information content (AvgIpc) is 3.59. The Morgan fingerprint density at radius 1 is 0.704 bits per heavy atom. The van der Waals surface area contributed by atoms with Gasteiger partial charge in [-0.25, -0.2) is 0 Å². The van der Waals surface area contributed by atoms with Crippen LogP contribution in [0.25, 0.3) is 0 Å². The number of esters is 1. The van der Waals surface area contributed by atoms with Crippen molar-refractivity contribution in [3.05, 3.63) is 70.9 Å². The van der Waals surface area contributed by atoms with Crippen molar-refractivity contribution in [1.29, 1.82) is 0 Å². The molecule has 15 heteroatoms. The standard InChI is InChI=1S/C56H85NO14/c1-30-9-8-12-48-56(6)36(19-20-57-48)24-35-25-39-27-41(59)51(64)44(68-39)11-7-10-31(2)22-43(61)55-54(67)53(66)47(71-55)29-49(62)69-38(21-32(3)13-15-33(4)40(56)26-35)23-34(5)50(63)46-28-42(60)52(65)45(70-46)18-17-37(58)16-14-30/h9,14-16,23,26,32,36-47,50-55,58-61,63-67H,2,7-8,10-13,17-22,24-25,27-29H2,1,3-6H3/b16-14+,30-9+,33-15+,34-23+. The number of ether oxygens (including phenoxy) is 4. The Labute approximate surface area is 420 Å². The van der Waals surface area contributed by atoms with Crippen LogP contribution in [0.3, 0.4) is 0 Å². The summed E-state index contributed by atoms with van der Waals surface area (Å²) in [5.41, 5.74) is 5.42. The molecule has 0 amide bonds. The molecule has 15 nitrogen and oxygen atoms in total. The number of fused-ring (bicyclic) bond motifs is 10. The Bertz CT molecular complexity index is 2030. The lowest BCUT2D eigenvalue weighted by molar-refractivity contribution is -0.190. The van der Waals surface area contributed by atoms with Crippen LogP contribution in [0.1, 0.15) is 137 Å². The largest absolute Gasteiger partial charge is 0.458 e. The highest BCUT2D eigenvalue weighted by Crippen LogP contribution is 2.53. The summed E-state index contributed by atoms with van der Waals surface area (Å²) in [6, 6.07) is 0. The first-order valence-electron chi connectivity index (χ1n) is 26.6. The first-order chi connectivity index (χ1) is 33.7. The van der Waals surface area contributed by atoms with E-state index in [1.54, 1.807) is 19.1 Å². The van der Waals surface area contributed by atoms with Crippen molar-refractivity contribution in [3.63, 3.8) is 0 Å². The molecule has 1 aliphatic carbocycles. The quantitative estimate of drug-likeness (QED) is 0.115. The van der Waals surface area contributed by atoms with Crippen molar-refractivity contribution in [1.82, 2.24) is 0 Å². The molecule has 0 aromatic heterocycles. The van der Waals surface area contributed by atoms with Gasteiger partial charge in [-0.05, 0) is 128 Å². The average molecular weight is 996 g/mol. The van der Waals surface area contributed by atoms with E-state index in [0.29, 0.717) is 62.0 Å². The van der Waals surface area contributed by atoms with Gasteiger partial charge in [0.05, 0.1) is 61.4 Å². The van der Waals surface area contributed by atoms with Crippen molar-refractivity contribution in [2.75, 3.05) is 6.54 Å². The van der Waals surface area contributed by atoms with E-state index < -0.39 is 104 Å². The van der Waals surface area contributed by atoms with Gasteiger partial charge in [-0.3, -0.25) is 9.79 Å². The molecule has 6 aliphatic heterocycles. The number of aliphatic hydroxyl groups excluding tert-OH is 9. The third-order valence-corrected chi connectivity index (χ3v) is 16.9. The summed E-state index contributed by atoms with van der Waals surface area (Å²) in [5, 5.41) is 100. The molecule has 3 fully saturated rings. The Hall–Kier alpha value is -2.90. The molecule has 0 radical (unpaired) electrons. The van der Waals surface area contributed by atoms with Gasteiger partial charge in [-0.2, -0.15) is 0 Å². The molecule has 3 saturated heterocycles. The smallest absolute Gasteiger partial charge is 0.309 e. The molecule has 6 heterocycles. The van der Waals surface area contributed by atoms with Crippen LogP contribution in [0.5, 0.6) is 0 Å². The van der Waals surface area contributed by atoms with Gasteiger partial charge in [0.15, 0.2) is 0 Å². The Balaban J connectivity index is 1.25. The second-order valence-corrected chi connectivity index (χ2v) is 22.5. The van der Waals surface area contributed by atoms with Crippen molar-refractivity contribution in [3.8, 4) is 0 Å². The highest BCUT2D eigenvalue weighted by molar-refractivity contribution is 5.92. The molecule has 0 aromatic carbocycles. The van der Waals surface area contributed by atoms with Gasteiger partial charge >= 0.3 is 5.97 Å². The molecule has 20 unspecified atom stereocenters. The van der Waals surface area contributed by atoms with Gasteiger partial charge in [0.25, 0.3) is 0 Å². The molecule has 398 valence electrons. The van der Waals surface area contributed by atoms with Gasteiger partial charge in [0, 0.05) is 36.4 Å². The van der Waals surface area contributed by atoms with Crippen LogP contribution in [0.4, 0.5) is 0 Å². The molecule has 20 atom stereocenters. The zero-order valence-corrected chi connectivity index (χ0v) is 42.7. The van der Waals surface area contributed by atoms with E-state index in [9.17, 15) is 50.8 Å². The number of rotatable bonds is 0. The summed E-state index contributed by atoms with van der Waals surface area (Å²) in [5.74, 6) is -0.476. The number of nitrogens with zero attached hydrogens (tertiary/aromatic N) is 1. The van der Waals surface area contributed by atoms with Gasteiger partial charge in [-0.1, -0.05) is 73.1 Å². The lowest BCUT2D eigenvalue weighted by atomic mass is 9.55. The fourth-order valence-electron chi connectivity index (χ4n) is 12.6. The van der Waals surface area contributed by atoms with Gasteiger partial charge in [-0.15, -0.1) is 0 Å². The summed E-state index contributed by atoms with van der Waals surface area (Å²) < 4.78 is 25.0. The molecule has 0 spiro atoms. The van der Waals surface area contributed by atoms with E-state index >= 15 is 0 Å². The maximum Gasteiger partial charge on any atom is 0.309 e. The minimum Gasteiger partial charge on any atom is -0.458 e. The Kier molecular flexibility index (Phi) is 19.4. The molecule has 7 rings (SSSR count). The van der Waals surface area contributed by atoms with Gasteiger partial charge < -0.3 is 64.9 Å². The summed E-state index contributed by atoms with van der Waals surface area (Å²) >= 11 is 0. The zero-order valence-electron chi connectivity index (χ0n) is 42.7. The molecule has 0 aromatic rings. The maximum absolute atomic E-state index is 13.9. The van der Waals surface area contributed by atoms with Gasteiger partial charge in [0.1, 0.15) is 42.7 Å². The molecule has 9 bridgehead atoms. The number of aliphatic hydroxyl groups is 9. The third kappa shape index (κ3) is 13.7. The monoisotopic (exact) mass is 996 g/mol. The minimum atomic E-state index is -1.49. The highest BCUT2D eigenvalue weighted by Gasteiger charge is 2.50. The summed E-state index contributed by atoms with van der Waals surface area (Å²) in [6.45, 7) is 15.2. The molecule has 0 saturated carbocycles. The summed E-state index contributed by atoms with van der Waals surface area (Å²) in [6.07, 6.45) is 2.24. The normalized spacial score (nSPS) is 47.0. The van der Waals surface area contributed by atoms with Crippen LogP contribution in [-0.2, 0) is 23.7 Å². The van der Waals surface area contributed by atoms with Crippen LogP contribution < -0.4 is 0 Å². The summed E-state index contributed by atoms with van der Waals surface area (Å²) in [4.78, 5) is 19.1. The van der Waals surface area contributed by atoms with Crippen LogP contribution in [0.2, 0.25) is 0 Å². The van der Waals surface area contributed by atoms with Gasteiger partial charge in [0.2, 0.25) is 0 Å². The van der Waals surface area contributed by atoms with Crippen LogP contribution in [0, 0.1) is 23.2 Å². The topological polar surface area (TPSA) is 248 Å². The molecule has 9 N–H and O–H groups in total. The third-order valence-electron chi connectivity index (χ3n) is 16.9. The lowest BCUT2D eigenvalue weighted by Crippen LogP contribution is -2.51. The fraction of sp³-hybridized carbons (Fsp3) is 0.750. The fourth-order valence-corrected chi connectivity index (χ4v) is 12.6. The second kappa shape index (κ2) is 24.6. The Morgan fingerprint density at radius 3 is 2.20 bits per heavy atom. The predicted molar refractivity (Wildman–Crippen MR) is 268 cm³/mol. The molecule has 71 heavy (non-hydrogen) atoms. The van der Waals surface area contributed by atoms with Crippen molar-refractivity contribution >= 4 is 11.7 Å². The maximum atomic E-state index is 13.9. The second-order valence-electron chi connectivity index (χ2n) is 22.5. The lowest BCUT2D eigenvalue weighted by Gasteiger charge is -2.50. The number of allylic oxidation sites excluding steroid dienone is 6. The SMILES string of the molecule is C=C1CCCC2OC(CC3=CC4/C(C)=C/CC(C)CC(/C=C(\C)C(O)C5CC(O)C(O)C(CCC(O)/C=C/C(C)=C/CCC6=NCCC(C3)C64C)O5)OC(=O)CC3OC(C(O)C1)C(O)C3O)CC(O)C2O. The number of carbonyl (C=O) groups excluding carboxylic acids is 1.